The summed E-state index contributed by atoms with van der Waals surface area (Å²) >= 11 is 0. The van der Waals surface area contributed by atoms with E-state index in [0.717, 1.165) is 47.8 Å². The Kier molecular flexibility index (Phi) is 7.09. The van der Waals surface area contributed by atoms with Gasteiger partial charge in [0, 0.05) is 80.7 Å². The highest BCUT2D eigenvalue weighted by molar-refractivity contribution is 5.86. The van der Waals surface area contributed by atoms with Gasteiger partial charge >= 0.3 is 6.09 Å². The number of benzene rings is 1. The predicted molar refractivity (Wildman–Crippen MR) is 147 cm³/mol. The average Bonchev–Trinajstić information content (AvgIpc) is 3.39. The van der Waals surface area contributed by atoms with Crippen LogP contribution in [0.2, 0.25) is 0 Å². The summed E-state index contributed by atoms with van der Waals surface area (Å²) in [6, 6.07) is 7.71. The first-order valence-electron chi connectivity index (χ1n) is 13.1. The standard InChI is InChI=1S/C26H32N10O3/c1-33-7-9-35(10-8-33)39-26(37)30-19-3-2-4-20(15-19)36-6-5-21-22(18-16-28-24(27)29-17-18)31-25(32-23(21)36)34-11-13-38-14-12-34/h2-4,15-17H,5-14H2,1H3,(H,30,37)(H2,27,28,29). The minimum absolute atomic E-state index is 0.218. The van der Waals surface area contributed by atoms with Crippen LogP contribution in [-0.2, 0) is 16.0 Å². The van der Waals surface area contributed by atoms with Gasteiger partial charge in [-0.1, -0.05) is 6.07 Å². The SMILES string of the molecule is CN1CCN(OC(=O)Nc2cccc(N3CCc4c(-c5cnc(N)nc5)nc(N5CCOCC5)nc43)c2)CC1. The molecule has 3 aliphatic rings. The van der Waals surface area contributed by atoms with Crippen LogP contribution in [0.15, 0.2) is 36.7 Å². The maximum atomic E-state index is 12.6. The van der Waals surface area contributed by atoms with Crippen molar-refractivity contribution in [3.8, 4) is 11.3 Å². The van der Waals surface area contributed by atoms with Gasteiger partial charge in [-0.25, -0.2) is 19.7 Å². The highest BCUT2D eigenvalue weighted by Crippen LogP contribution is 2.39. The molecule has 0 aliphatic carbocycles. The van der Waals surface area contributed by atoms with Gasteiger partial charge in [0.2, 0.25) is 11.9 Å². The molecule has 6 rings (SSSR count). The highest BCUT2D eigenvalue weighted by Gasteiger charge is 2.29. The van der Waals surface area contributed by atoms with E-state index < -0.39 is 6.09 Å². The van der Waals surface area contributed by atoms with Gasteiger partial charge in [-0.3, -0.25) is 5.32 Å². The second kappa shape index (κ2) is 11.0. The summed E-state index contributed by atoms with van der Waals surface area (Å²) in [5.74, 6) is 1.69. The number of nitrogens with zero attached hydrogens (tertiary/aromatic N) is 8. The number of ether oxygens (including phenoxy) is 1. The highest BCUT2D eigenvalue weighted by atomic mass is 16.7. The number of aromatic nitrogens is 4. The van der Waals surface area contributed by atoms with Crippen LogP contribution in [-0.4, -0.2) is 102 Å². The molecular weight excluding hydrogens is 500 g/mol. The molecule has 0 saturated carbocycles. The molecule has 5 heterocycles. The number of amides is 1. The molecule has 0 bridgehead atoms. The number of hydrogen-bond donors (Lipinski definition) is 2. The first-order chi connectivity index (χ1) is 19.0. The van der Waals surface area contributed by atoms with E-state index in [9.17, 15) is 4.79 Å². The molecule has 0 unspecified atom stereocenters. The number of anilines is 5. The van der Waals surface area contributed by atoms with Crippen molar-refractivity contribution in [1.82, 2.24) is 29.9 Å². The van der Waals surface area contributed by atoms with Crippen molar-refractivity contribution >= 4 is 35.2 Å². The smallest absolute Gasteiger partial charge is 0.378 e. The molecule has 1 aromatic carbocycles. The number of nitrogen functional groups attached to an aromatic ring is 1. The number of carbonyl (C=O) groups excluding carboxylic acids is 1. The van der Waals surface area contributed by atoms with Crippen molar-refractivity contribution < 1.29 is 14.4 Å². The van der Waals surface area contributed by atoms with E-state index in [1.807, 2.05) is 24.3 Å². The molecule has 2 fully saturated rings. The lowest BCUT2D eigenvalue weighted by molar-refractivity contribution is -0.115. The minimum Gasteiger partial charge on any atom is -0.378 e. The van der Waals surface area contributed by atoms with Crippen LogP contribution in [0.4, 0.5) is 33.9 Å². The number of rotatable bonds is 5. The molecule has 39 heavy (non-hydrogen) atoms. The van der Waals surface area contributed by atoms with Gasteiger partial charge in [0.25, 0.3) is 0 Å². The van der Waals surface area contributed by atoms with Crippen LogP contribution in [0.5, 0.6) is 0 Å². The number of likely N-dealkylation sites (N-methyl/N-ethyl adjacent to an activating group) is 1. The van der Waals surface area contributed by atoms with Crippen LogP contribution >= 0.6 is 0 Å². The number of hydrogen-bond acceptors (Lipinski definition) is 12. The van der Waals surface area contributed by atoms with E-state index in [0.29, 0.717) is 57.6 Å². The first kappa shape index (κ1) is 25.2. The predicted octanol–water partition coefficient (Wildman–Crippen LogP) is 1.76. The fourth-order valence-corrected chi connectivity index (χ4v) is 4.99. The Morgan fingerprint density at radius 3 is 2.56 bits per heavy atom. The molecule has 3 aromatic rings. The fraction of sp³-hybridized carbons (Fsp3) is 0.423. The summed E-state index contributed by atoms with van der Waals surface area (Å²) in [4.78, 5) is 42.9. The fourth-order valence-electron chi connectivity index (χ4n) is 4.99. The van der Waals surface area contributed by atoms with E-state index in [4.69, 9.17) is 25.3 Å². The summed E-state index contributed by atoms with van der Waals surface area (Å²) in [7, 11) is 2.06. The first-order valence-corrected chi connectivity index (χ1v) is 13.1. The zero-order chi connectivity index (χ0) is 26.8. The van der Waals surface area contributed by atoms with E-state index in [-0.39, 0.29) is 5.95 Å². The second-order valence-corrected chi connectivity index (χ2v) is 9.79. The lowest BCUT2D eigenvalue weighted by Gasteiger charge is -2.30. The molecule has 2 saturated heterocycles. The van der Waals surface area contributed by atoms with Crippen LogP contribution < -0.4 is 20.9 Å². The number of fused-ring (bicyclic) bond motifs is 1. The number of nitrogens with one attached hydrogen (secondary N) is 1. The molecule has 0 atom stereocenters. The van der Waals surface area contributed by atoms with E-state index in [2.05, 4.69) is 37.0 Å². The van der Waals surface area contributed by atoms with Gasteiger partial charge in [0.15, 0.2) is 0 Å². The van der Waals surface area contributed by atoms with Gasteiger partial charge in [-0.2, -0.15) is 4.98 Å². The number of nitrogens with two attached hydrogens (primary N) is 1. The largest absolute Gasteiger partial charge is 0.430 e. The Hall–Kier alpha value is -4.07. The van der Waals surface area contributed by atoms with Gasteiger partial charge in [0.05, 0.1) is 18.9 Å². The zero-order valence-corrected chi connectivity index (χ0v) is 21.9. The maximum absolute atomic E-state index is 12.6. The molecule has 3 N–H and O–H groups in total. The Labute approximate surface area is 226 Å². The summed E-state index contributed by atoms with van der Waals surface area (Å²) in [6.07, 6.45) is 3.66. The Morgan fingerprint density at radius 1 is 1.03 bits per heavy atom. The average molecular weight is 533 g/mol. The molecule has 0 spiro atoms. The summed E-state index contributed by atoms with van der Waals surface area (Å²) in [5.41, 5.74) is 9.92. The van der Waals surface area contributed by atoms with E-state index >= 15 is 0 Å². The summed E-state index contributed by atoms with van der Waals surface area (Å²) in [5, 5.41) is 4.56. The van der Waals surface area contributed by atoms with Crippen molar-refractivity contribution in [2.75, 3.05) is 86.9 Å². The second-order valence-electron chi connectivity index (χ2n) is 9.79. The number of piperazine rings is 1. The van der Waals surface area contributed by atoms with E-state index in [1.54, 1.807) is 17.5 Å². The Bertz CT molecular complexity index is 1320. The number of carbonyl (C=O) groups is 1. The molecule has 1 amide bonds. The minimum atomic E-state index is -0.499. The van der Waals surface area contributed by atoms with Gasteiger partial charge in [0.1, 0.15) is 5.82 Å². The van der Waals surface area contributed by atoms with Gasteiger partial charge in [-0.05, 0) is 31.7 Å². The van der Waals surface area contributed by atoms with Crippen molar-refractivity contribution in [3.05, 3.63) is 42.2 Å². The maximum Gasteiger partial charge on any atom is 0.430 e. The quantitative estimate of drug-likeness (QED) is 0.495. The monoisotopic (exact) mass is 532 g/mol. The third kappa shape index (κ3) is 5.55. The normalized spacial score (nSPS) is 18.2. The zero-order valence-electron chi connectivity index (χ0n) is 21.9. The van der Waals surface area contributed by atoms with Crippen molar-refractivity contribution in [2.24, 2.45) is 0 Å². The molecule has 13 nitrogen and oxygen atoms in total. The molecular formula is C26H32N10O3. The van der Waals surface area contributed by atoms with Gasteiger partial charge in [-0.15, -0.1) is 5.06 Å². The number of morpholine rings is 1. The topological polar surface area (TPSA) is 138 Å². The Balaban J connectivity index is 1.27. The van der Waals surface area contributed by atoms with Crippen molar-refractivity contribution in [2.45, 2.75) is 6.42 Å². The third-order valence-electron chi connectivity index (χ3n) is 7.13. The summed E-state index contributed by atoms with van der Waals surface area (Å²) < 4.78 is 5.54. The van der Waals surface area contributed by atoms with Crippen LogP contribution in [0, 0.1) is 0 Å². The lowest BCUT2D eigenvalue weighted by atomic mass is 10.1. The van der Waals surface area contributed by atoms with Crippen molar-refractivity contribution in [3.63, 3.8) is 0 Å². The molecule has 0 radical (unpaired) electrons. The molecule has 2 aromatic heterocycles. The molecule has 204 valence electrons. The third-order valence-corrected chi connectivity index (χ3v) is 7.13. The van der Waals surface area contributed by atoms with Crippen molar-refractivity contribution in [1.29, 1.82) is 0 Å². The van der Waals surface area contributed by atoms with Crippen LogP contribution in [0.25, 0.3) is 11.3 Å². The van der Waals surface area contributed by atoms with Crippen LogP contribution in [0.1, 0.15) is 5.56 Å². The molecule has 13 heteroatoms. The molecule has 3 aliphatic heterocycles. The van der Waals surface area contributed by atoms with Gasteiger partial charge < -0.3 is 30.0 Å². The van der Waals surface area contributed by atoms with Crippen LogP contribution in [0.3, 0.4) is 0 Å². The lowest BCUT2D eigenvalue weighted by Crippen LogP contribution is -2.45. The summed E-state index contributed by atoms with van der Waals surface area (Å²) in [6.45, 7) is 6.48. The number of hydroxylamine groups is 2. The Morgan fingerprint density at radius 2 is 1.79 bits per heavy atom. The van der Waals surface area contributed by atoms with E-state index in [1.165, 1.54) is 0 Å².